The Hall–Kier alpha value is 0.270. The Balaban J connectivity index is 3.11. The molecule has 0 rings (SSSR count). The largest absolute Gasteiger partial charge is 0.403 e. The molecule has 4 nitrogen and oxygen atoms in total. The molecule has 0 saturated heterocycles. The van der Waals surface area contributed by atoms with Crippen molar-refractivity contribution in [1.29, 1.82) is 0 Å². The lowest BCUT2D eigenvalue weighted by Gasteiger charge is -2.02. The maximum Gasteiger partial charge on any atom is 0.403 e. The standard InChI is InChI=1S/C3H10O4P/c1-8(5,6)7-3-2-4/h4-6H,2-3H2,1H3/q+1. The predicted octanol–water partition coefficient (Wildman–Crippen LogP) is -0.628. The van der Waals surface area contributed by atoms with Gasteiger partial charge in [0.05, 0.1) is 6.61 Å². The first-order valence-corrected chi connectivity index (χ1v) is 4.19. The Bertz CT molecular complexity index is 58.8. The van der Waals surface area contributed by atoms with Crippen LogP contribution in [0.15, 0.2) is 0 Å². The van der Waals surface area contributed by atoms with Crippen LogP contribution in [-0.2, 0) is 4.52 Å². The van der Waals surface area contributed by atoms with Crippen LogP contribution in [-0.4, -0.2) is 34.8 Å². The molecular weight excluding hydrogens is 131 g/mol. The van der Waals surface area contributed by atoms with E-state index in [-0.39, 0.29) is 13.2 Å². The lowest BCUT2D eigenvalue weighted by Crippen LogP contribution is -1.99. The molecule has 5 heteroatoms. The number of aliphatic hydroxyl groups excluding tert-OH is 1. The van der Waals surface area contributed by atoms with E-state index in [0.717, 1.165) is 0 Å². The molecule has 0 aromatic carbocycles. The second-order valence-corrected chi connectivity index (χ2v) is 3.32. The first kappa shape index (κ1) is 8.27. The number of rotatable bonds is 3. The third-order valence-electron chi connectivity index (χ3n) is 0.427. The summed E-state index contributed by atoms with van der Waals surface area (Å²) in [5.74, 6) is 0. The molecule has 0 aliphatic rings. The van der Waals surface area contributed by atoms with Gasteiger partial charge in [-0.05, 0) is 0 Å². The van der Waals surface area contributed by atoms with E-state index in [1.807, 2.05) is 0 Å². The van der Waals surface area contributed by atoms with Crippen molar-refractivity contribution in [3.8, 4) is 0 Å². The summed E-state index contributed by atoms with van der Waals surface area (Å²) in [4.78, 5) is 17.0. The number of hydrogen-bond acceptors (Lipinski definition) is 4. The van der Waals surface area contributed by atoms with Crippen LogP contribution < -0.4 is 0 Å². The Morgan fingerprint density at radius 3 is 2.12 bits per heavy atom. The molecule has 0 spiro atoms. The summed E-state index contributed by atoms with van der Waals surface area (Å²) >= 11 is 0. The summed E-state index contributed by atoms with van der Waals surface area (Å²) in [5.41, 5.74) is 0. The molecule has 0 aliphatic heterocycles. The second kappa shape index (κ2) is 3.33. The highest BCUT2D eigenvalue weighted by Gasteiger charge is 2.25. The summed E-state index contributed by atoms with van der Waals surface area (Å²) in [6.07, 6.45) is 0. The fourth-order valence-corrected chi connectivity index (χ4v) is 0.641. The molecule has 50 valence electrons. The average Bonchev–Trinajstić information content (AvgIpc) is 1.59. The van der Waals surface area contributed by atoms with Gasteiger partial charge in [0.2, 0.25) is 0 Å². The zero-order valence-electron chi connectivity index (χ0n) is 4.61. The highest BCUT2D eigenvalue weighted by atomic mass is 31.2. The summed E-state index contributed by atoms with van der Waals surface area (Å²) in [6, 6.07) is 0. The first-order valence-electron chi connectivity index (χ1n) is 2.13. The van der Waals surface area contributed by atoms with Gasteiger partial charge in [0, 0.05) is 0 Å². The van der Waals surface area contributed by atoms with Gasteiger partial charge in [-0.1, -0.05) is 0 Å². The van der Waals surface area contributed by atoms with E-state index in [9.17, 15) is 0 Å². The molecule has 0 aromatic rings. The normalized spacial score (nSPS) is 12.0. The zero-order chi connectivity index (χ0) is 6.62. The van der Waals surface area contributed by atoms with E-state index in [4.69, 9.17) is 14.9 Å². The molecule has 0 bridgehead atoms. The summed E-state index contributed by atoms with van der Waals surface area (Å²) in [5, 5.41) is 8.10. The zero-order valence-corrected chi connectivity index (χ0v) is 5.51. The summed E-state index contributed by atoms with van der Waals surface area (Å²) < 4.78 is 4.35. The lowest BCUT2D eigenvalue weighted by atomic mass is 10.8. The van der Waals surface area contributed by atoms with Crippen molar-refractivity contribution in [2.75, 3.05) is 19.9 Å². The van der Waals surface area contributed by atoms with Gasteiger partial charge in [0.15, 0.2) is 0 Å². The van der Waals surface area contributed by atoms with Gasteiger partial charge in [-0.25, -0.2) is 0 Å². The van der Waals surface area contributed by atoms with Crippen LogP contribution >= 0.6 is 7.94 Å². The van der Waals surface area contributed by atoms with Gasteiger partial charge in [-0.3, -0.25) is 0 Å². The van der Waals surface area contributed by atoms with E-state index in [1.54, 1.807) is 0 Å². The van der Waals surface area contributed by atoms with Crippen LogP contribution in [0.25, 0.3) is 0 Å². The van der Waals surface area contributed by atoms with E-state index in [0.29, 0.717) is 0 Å². The van der Waals surface area contributed by atoms with Crippen LogP contribution in [0.4, 0.5) is 0 Å². The molecule has 0 amide bonds. The third kappa shape index (κ3) is 6.27. The third-order valence-corrected chi connectivity index (χ3v) is 1.10. The van der Waals surface area contributed by atoms with Crippen molar-refractivity contribution in [2.24, 2.45) is 0 Å². The van der Waals surface area contributed by atoms with Gasteiger partial charge in [-0.2, -0.15) is 14.3 Å². The van der Waals surface area contributed by atoms with E-state index < -0.39 is 7.94 Å². The molecular formula is C3H10O4P+. The molecule has 0 aromatic heterocycles. The molecule has 0 atom stereocenters. The van der Waals surface area contributed by atoms with Gasteiger partial charge < -0.3 is 5.11 Å². The van der Waals surface area contributed by atoms with Crippen molar-refractivity contribution >= 4 is 7.94 Å². The Kier molecular flexibility index (Phi) is 3.44. The Labute approximate surface area is 48.3 Å². The molecule has 0 radical (unpaired) electrons. The van der Waals surface area contributed by atoms with E-state index >= 15 is 0 Å². The van der Waals surface area contributed by atoms with Crippen LogP contribution in [0, 0.1) is 0 Å². The average molecular weight is 141 g/mol. The van der Waals surface area contributed by atoms with Crippen molar-refractivity contribution in [1.82, 2.24) is 0 Å². The Morgan fingerprint density at radius 2 is 2.00 bits per heavy atom. The van der Waals surface area contributed by atoms with Crippen molar-refractivity contribution in [2.45, 2.75) is 0 Å². The molecule has 0 aliphatic carbocycles. The van der Waals surface area contributed by atoms with Crippen molar-refractivity contribution < 1.29 is 19.4 Å². The summed E-state index contributed by atoms with van der Waals surface area (Å²) in [6.45, 7) is 0.983. The second-order valence-electron chi connectivity index (χ2n) is 1.39. The van der Waals surface area contributed by atoms with Gasteiger partial charge in [0.25, 0.3) is 0 Å². The topological polar surface area (TPSA) is 69.9 Å². The molecule has 3 N–H and O–H groups in total. The molecule has 0 unspecified atom stereocenters. The molecule has 0 heterocycles. The van der Waals surface area contributed by atoms with Gasteiger partial charge in [-0.15, -0.1) is 0 Å². The quantitative estimate of drug-likeness (QED) is 0.458. The predicted molar refractivity (Wildman–Crippen MR) is 30.3 cm³/mol. The minimum atomic E-state index is -3.09. The lowest BCUT2D eigenvalue weighted by molar-refractivity contribution is 0.171. The highest BCUT2D eigenvalue weighted by molar-refractivity contribution is 7.58. The van der Waals surface area contributed by atoms with Crippen molar-refractivity contribution in [3.63, 3.8) is 0 Å². The van der Waals surface area contributed by atoms with Crippen molar-refractivity contribution in [3.05, 3.63) is 0 Å². The van der Waals surface area contributed by atoms with Gasteiger partial charge in [0.1, 0.15) is 13.3 Å². The van der Waals surface area contributed by atoms with E-state index in [1.165, 1.54) is 6.66 Å². The molecule has 0 fully saturated rings. The van der Waals surface area contributed by atoms with E-state index in [2.05, 4.69) is 4.52 Å². The van der Waals surface area contributed by atoms with Crippen LogP contribution in [0.3, 0.4) is 0 Å². The maximum atomic E-state index is 8.48. The first-order chi connectivity index (χ1) is 3.56. The van der Waals surface area contributed by atoms with Crippen LogP contribution in [0.2, 0.25) is 0 Å². The monoisotopic (exact) mass is 141 g/mol. The minimum Gasteiger partial charge on any atom is -0.394 e. The smallest absolute Gasteiger partial charge is 0.394 e. The fourth-order valence-electron chi connectivity index (χ4n) is 0.214. The number of hydrogen-bond donors (Lipinski definition) is 3. The van der Waals surface area contributed by atoms with Crippen LogP contribution in [0.1, 0.15) is 0 Å². The fraction of sp³-hybridized carbons (Fsp3) is 1.00. The summed E-state index contributed by atoms with van der Waals surface area (Å²) in [7, 11) is -3.09. The maximum absolute atomic E-state index is 8.48. The molecule has 8 heavy (non-hydrogen) atoms. The number of aliphatic hydroxyl groups is 1. The minimum absolute atomic E-state index is 0.0166. The Morgan fingerprint density at radius 1 is 1.50 bits per heavy atom. The SMILES string of the molecule is C[P+](O)(O)OCCO. The highest BCUT2D eigenvalue weighted by Crippen LogP contribution is 2.45. The van der Waals surface area contributed by atoms with Gasteiger partial charge >= 0.3 is 7.94 Å². The van der Waals surface area contributed by atoms with Crippen LogP contribution in [0.5, 0.6) is 0 Å². The molecule has 0 saturated carbocycles.